The van der Waals surface area contributed by atoms with Crippen molar-refractivity contribution in [3.05, 3.63) is 90.1 Å². The molecule has 0 atom stereocenters. The molecular formula is C20H21CuN4O2S+3. The number of para-hydroxylation sites is 2. The molecule has 1 aromatic heterocycles. The van der Waals surface area contributed by atoms with E-state index in [1.54, 1.807) is 30.6 Å². The molecule has 0 saturated carbocycles. The summed E-state index contributed by atoms with van der Waals surface area (Å²) < 4.78 is 5.08. The van der Waals surface area contributed by atoms with E-state index in [1.165, 1.54) is 13.3 Å². The van der Waals surface area contributed by atoms with Gasteiger partial charge in [-0.25, -0.2) is 0 Å². The van der Waals surface area contributed by atoms with Crippen molar-refractivity contribution in [2.24, 2.45) is 5.10 Å². The number of hydrogen-bond donors (Lipinski definition) is 1. The van der Waals surface area contributed by atoms with Crippen LogP contribution in [0.2, 0.25) is 0 Å². The summed E-state index contributed by atoms with van der Waals surface area (Å²) in [6, 6.07) is 20.6. The Morgan fingerprint density at radius 2 is 1.75 bits per heavy atom. The van der Waals surface area contributed by atoms with Gasteiger partial charge in [0.2, 0.25) is 10.9 Å². The van der Waals surface area contributed by atoms with E-state index in [-0.39, 0.29) is 22.8 Å². The van der Waals surface area contributed by atoms with Crippen LogP contribution in [0.3, 0.4) is 0 Å². The van der Waals surface area contributed by atoms with Crippen molar-refractivity contribution in [1.29, 1.82) is 0 Å². The molecule has 3 aromatic rings. The predicted molar refractivity (Wildman–Crippen MR) is 115 cm³/mol. The second-order valence-electron chi connectivity index (χ2n) is 5.11. The summed E-state index contributed by atoms with van der Waals surface area (Å²) in [5.74, 6) is 0.770. The number of hydrogen-bond acceptors (Lipinski definition) is 3. The van der Waals surface area contributed by atoms with Crippen molar-refractivity contribution in [2.45, 2.75) is 0 Å². The Hall–Kier alpha value is -2.93. The van der Waals surface area contributed by atoms with E-state index < -0.39 is 0 Å². The third kappa shape index (κ3) is 8.18. The summed E-state index contributed by atoms with van der Waals surface area (Å²) in [7, 11) is 1.53. The van der Waals surface area contributed by atoms with E-state index in [9.17, 15) is 0 Å². The fraction of sp³-hybridized carbons (Fsp3) is 0.0500. The molecule has 8 heteroatoms. The van der Waals surface area contributed by atoms with E-state index in [0.29, 0.717) is 16.4 Å². The Morgan fingerprint density at radius 1 is 1.07 bits per heavy atom. The van der Waals surface area contributed by atoms with E-state index in [1.807, 2.05) is 48.5 Å². The minimum atomic E-state index is 0. The summed E-state index contributed by atoms with van der Waals surface area (Å²) in [5.41, 5.74) is 5.43. The molecule has 0 bridgehead atoms. The number of thiol groups is 1. The zero-order valence-corrected chi connectivity index (χ0v) is 16.9. The van der Waals surface area contributed by atoms with Gasteiger partial charge in [0.1, 0.15) is 0 Å². The van der Waals surface area contributed by atoms with Crippen LogP contribution in [0, 0.1) is 0 Å². The van der Waals surface area contributed by atoms with Gasteiger partial charge in [-0.3, -0.25) is 4.98 Å². The predicted octanol–water partition coefficient (Wildman–Crippen LogP) is 3.40. The first kappa shape index (κ1) is 23.1. The summed E-state index contributed by atoms with van der Waals surface area (Å²) in [6.45, 7) is 0. The minimum absolute atomic E-state index is 0. The molecule has 3 rings (SSSR count). The molecule has 28 heavy (non-hydrogen) atoms. The first-order valence-corrected chi connectivity index (χ1v) is 8.51. The molecule has 0 fully saturated rings. The number of benzene rings is 2. The minimum Gasteiger partial charge on any atom is -0.590 e. The second-order valence-corrected chi connectivity index (χ2v) is 5.53. The molecule has 0 aliphatic carbocycles. The topological polar surface area (TPSA) is 83.5 Å². The molecule has 147 valence electrons. The molecule has 6 nitrogen and oxygen atoms in total. The Bertz CT molecular complexity index is 838. The Balaban J connectivity index is 0.000000478. The molecule has 0 aliphatic heterocycles. The van der Waals surface area contributed by atoms with Gasteiger partial charge in [-0.1, -0.05) is 30.3 Å². The number of rotatable bonds is 4. The van der Waals surface area contributed by atoms with E-state index in [0.717, 1.165) is 5.69 Å². The molecule has 2 aromatic carbocycles. The SMILES string of the molecule is COc1cccc(C=N[N-]C(=[SH+])Nc2ccccc2)c1[OH2+].[Cu+2].c1ccncc1. The van der Waals surface area contributed by atoms with Gasteiger partial charge in [0.05, 0.1) is 12.7 Å². The van der Waals surface area contributed by atoms with Crippen LogP contribution in [0.1, 0.15) is 5.56 Å². The van der Waals surface area contributed by atoms with Gasteiger partial charge < -0.3 is 25.7 Å². The Kier molecular flexibility index (Phi) is 11.0. The van der Waals surface area contributed by atoms with Crippen LogP contribution >= 0.6 is 0 Å². The molecular weight excluding hydrogens is 424 g/mol. The van der Waals surface area contributed by atoms with Crippen LogP contribution in [0.4, 0.5) is 5.69 Å². The van der Waals surface area contributed by atoms with Crippen LogP contribution in [-0.2, 0) is 29.3 Å². The second kappa shape index (κ2) is 13.3. The van der Waals surface area contributed by atoms with E-state index in [4.69, 9.17) is 9.84 Å². The van der Waals surface area contributed by atoms with Crippen LogP contribution in [-0.4, -0.2) is 28.5 Å². The Labute approximate surface area is 180 Å². The number of aromatic nitrogens is 1. The third-order valence-corrected chi connectivity index (χ3v) is 3.43. The average molecular weight is 445 g/mol. The first-order chi connectivity index (χ1) is 13.2. The number of methoxy groups -OCH3 is 1. The molecule has 1 heterocycles. The number of nitrogens with one attached hydrogen (secondary N) is 1. The smallest absolute Gasteiger partial charge is 0.590 e. The van der Waals surface area contributed by atoms with Crippen LogP contribution in [0.25, 0.3) is 5.43 Å². The van der Waals surface area contributed by atoms with Gasteiger partial charge in [0, 0.05) is 24.3 Å². The largest absolute Gasteiger partial charge is 2.00 e. The van der Waals surface area contributed by atoms with Crippen molar-refractivity contribution < 1.29 is 26.9 Å². The van der Waals surface area contributed by atoms with Crippen molar-refractivity contribution in [3.8, 4) is 11.5 Å². The third-order valence-electron chi connectivity index (χ3n) is 3.22. The number of anilines is 1. The zero-order valence-electron chi connectivity index (χ0n) is 15.1. The van der Waals surface area contributed by atoms with Crippen LogP contribution in [0.5, 0.6) is 11.5 Å². The standard InChI is InChI=1S/C15H15N3O2S.C5H5N.Cu/c1-20-13-9-5-6-11(14(13)19)10-16-18-15(21)17-12-7-3-2-4-8-12;1-2-4-6-5-3-1;/h2-10H,1H3,(H3,16,17,18,19,21);1-5H;/q;;+2/p+1. The molecule has 0 saturated heterocycles. The fourth-order valence-electron chi connectivity index (χ4n) is 1.96. The molecule has 1 radical (unpaired) electrons. The number of ether oxygens (including phenoxy) is 1. The van der Waals surface area contributed by atoms with Crippen LogP contribution in [0.15, 0.2) is 84.2 Å². The number of nitrogens with zero attached hydrogens (tertiary/aromatic N) is 3. The van der Waals surface area contributed by atoms with Crippen molar-refractivity contribution in [3.63, 3.8) is 0 Å². The molecule has 0 spiro atoms. The summed E-state index contributed by atoms with van der Waals surface area (Å²) in [4.78, 5) is 3.78. The molecule has 3 N–H and O–H groups in total. The van der Waals surface area contributed by atoms with E-state index in [2.05, 4.69) is 33.0 Å². The van der Waals surface area contributed by atoms with Crippen molar-refractivity contribution >= 4 is 29.2 Å². The average Bonchev–Trinajstić information content (AvgIpc) is 2.72. The molecule has 0 aliphatic rings. The number of pyridine rings is 1. The summed E-state index contributed by atoms with van der Waals surface area (Å²) in [6.07, 6.45) is 4.99. The van der Waals surface area contributed by atoms with Gasteiger partial charge in [-0.2, -0.15) is 0 Å². The molecule has 0 unspecified atom stereocenters. The molecule has 0 amide bonds. The quantitative estimate of drug-likeness (QED) is 0.167. The van der Waals surface area contributed by atoms with Gasteiger partial charge in [0.15, 0.2) is 12.2 Å². The maximum absolute atomic E-state index is 7.91. The fourth-order valence-corrected chi connectivity index (χ4v) is 2.14. The zero-order chi connectivity index (χ0) is 19.3. The van der Waals surface area contributed by atoms with Gasteiger partial charge in [-0.05, 0) is 36.4 Å². The van der Waals surface area contributed by atoms with Crippen molar-refractivity contribution in [1.82, 2.24) is 4.98 Å². The van der Waals surface area contributed by atoms with Gasteiger partial charge in [0.25, 0.3) is 0 Å². The maximum atomic E-state index is 7.91. The van der Waals surface area contributed by atoms with E-state index >= 15 is 0 Å². The summed E-state index contributed by atoms with van der Waals surface area (Å²) in [5, 5.41) is 15.2. The maximum Gasteiger partial charge on any atom is 2.00 e. The summed E-state index contributed by atoms with van der Waals surface area (Å²) >= 11 is 4.21. The first-order valence-electron chi connectivity index (χ1n) is 8.06. The monoisotopic (exact) mass is 444 g/mol. The Morgan fingerprint density at radius 3 is 2.32 bits per heavy atom. The van der Waals surface area contributed by atoms with Gasteiger partial charge in [-0.15, -0.1) is 0 Å². The normalized spacial score (nSPS) is 9.46. The van der Waals surface area contributed by atoms with Gasteiger partial charge >= 0.3 is 22.8 Å². The van der Waals surface area contributed by atoms with Crippen LogP contribution < -0.4 is 10.1 Å². The van der Waals surface area contributed by atoms with Crippen molar-refractivity contribution in [2.75, 3.05) is 12.4 Å².